The van der Waals surface area contributed by atoms with Crippen LogP contribution in [0.2, 0.25) is 0 Å². The summed E-state index contributed by atoms with van der Waals surface area (Å²) < 4.78 is 43.9. The lowest BCUT2D eigenvalue weighted by molar-refractivity contribution is -0.161. The molecule has 13 nitrogen and oxygen atoms in total. The number of carbonyl (C=O) groups is 4. The van der Waals surface area contributed by atoms with Crippen LogP contribution in [0.25, 0.3) is 11.1 Å². The number of carbonyl (C=O) groups excluding carboxylic acids is 4. The van der Waals surface area contributed by atoms with E-state index in [1.165, 1.54) is 38.5 Å². The first kappa shape index (κ1) is 48.1. The van der Waals surface area contributed by atoms with Crippen LogP contribution in [0.1, 0.15) is 97.2 Å². The molecule has 0 aliphatic heterocycles. The van der Waals surface area contributed by atoms with Crippen molar-refractivity contribution in [1.82, 2.24) is 26.6 Å². The lowest BCUT2D eigenvalue weighted by Gasteiger charge is -2.30. The van der Waals surface area contributed by atoms with Crippen LogP contribution in [0.3, 0.4) is 0 Å². The van der Waals surface area contributed by atoms with E-state index >= 15 is 0 Å². The molecule has 0 heterocycles. The quantitative estimate of drug-likeness (QED) is 0.0597. The zero-order valence-electron chi connectivity index (χ0n) is 33.2. The number of nitrogens with two attached hydrogens (primary N) is 1. The van der Waals surface area contributed by atoms with E-state index in [0.717, 1.165) is 30.4 Å². The van der Waals surface area contributed by atoms with E-state index in [4.69, 9.17) is 5.73 Å². The molecule has 0 aliphatic carbocycles. The van der Waals surface area contributed by atoms with Crippen LogP contribution in [-0.4, -0.2) is 94.8 Å². The van der Waals surface area contributed by atoms with Gasteiger partial charge >= 0.3 is 13.3 Å². The molecule has 7 atom stereocenters. The Kier molecular flexibility index (Phi) is 20.0. The maximum Gasteiger partial charge on any atom is 0.475 e. The SMILES string of the molecule is CCCCc1ccc(-c2ccc(C(N[C@@H](CCCCN)C(=O)N[C@H](C(=O)N[C@@H](C)C(=O)N[C@@H](CC(C)C)C(=O)N[C@@H](C)B(O)O)[C@@H](C)O)C(F)(F)F)cc2)cc1. The van der Waals surface area contributed by atoms with Gasteiger partial charge in [-0.3, -0.25) is 24.5 Å². The van der Waals surface area contributed by atoms with Gasteiger partial charge in [0, 0.05) is 0 Å². The highest BCUT2D eigenvalue weighted by Crippen LogP contribution is 2.34. The highest BCUT2D eigenvalue weighted by Gasteiger charge is 2.43. The summed E-state index contributed by atoms with van der Waals surface area (Å²) in [6.07, 6.45) is -2.50. The molecule has 10 N–H and O–H groups in total. The minimum absolute atomic E-state index is 0.0686. The van der Waals surface area contributed by atoms with Crippen LogP contribution < -0.4 is 32.3 Å². The Morgan fingerprint density at radius 3 is 1.82 bits per heavy atom. The number of aliphatic hydroxyl groups excluding tert-OH is 1. The van der Waals surface area contributed by atoms with Gasteiger partial charge in [0.1, 0.15) is 24.2 Å². The Hall–Kier alpha value is -4.03. The van der Waals surface area contributed by atoms with Crippen molar-refractivity contribution in [3.05, 3.63) is 59.7 Å². The maximum absolute atomic E-state index is 14.6. The van der Waals surface area contributed by atoms with Crippen molar-refractivity contribution in [2.45, 2.75) is 135 Å². The predicted molar refractivity (Wildman–Crippen MR) is 210 cm³/mol. The number of nitrogens with one attached hydrogen (secondary N) is 5. The Balaban J connectivity index is 2.24. The summed E-state index contributed by atoms with van der Waals surface area (Å²) in [6.45, 7) is 9.81. The summed E-state index contributed by atoms with van der Waals surface area (Å²) in [7, 11) is -1.84. The molecule has 2 aromatic carbocycles. The van der Waals surface area contributed by atoms with E-state index < -0.39 is 79.2 Å². The van der Waals surface area contributed by atoms with E-state index in [2.05, 4.69) is 33.5 Å². The molecule has 0 aliphatic rings. The summed E-state index contributed by atoms with van der Waals surface area (Å²) in [5.74, 6) is -4.57. The van der Waals surface area contributed by atoms with Gasteiger partial charge < -0.3 is 42.2 Å². The van der Waals surface area contributed by atoms with Gasteiger partial charge in [0.2, 0.25) is 23.6 Å². The summed E-state index contributed by atoms with van der Waals surface area (Å²) in [5, 5.41) is 41.3. The molecule has 56 heavy (non-hydrogen) atoms. The molecule has 2 rings (SSSR count). The van der Waals surface area contributed by atoms with Crippen LogP contribution in [0.15, 0.2) is 48.5 Å². The first-order chi connectivity index (χ1) is 26.3. The number of alkyl halides is 3. The number of hydrogen-bond acceptors (Lipinski definition) is 9. The highest BCUT2D eigenvalue weighted by atomic mass is 19.4. The number of amides is 4. The summed E-state index contributed by atoms with van der Waals surface area (Å²) in [5.41, 5.74) is 8.22. The van der Waals surface area contributed by atoms with Gasteiger partial charge in [0.15, 0.2) is 0 Å². The molecule has 0 saturated carbocycles. The summed E-state index contributed by atoms with van der Waals surface area (Å²) >= 11 is 0. The fourth-order valence-electron chi connectivity index (χ4n) is 5.90. The smallest absolute Gasteiger partial charge is 0.426 e. The average molecular weight is 793 g/mol. The third-order valence-corrected chi connectivity index (χ3v) is 9.28. The standard InChI is InChI=1S/C39H60BF3N6O7/c1-7-8-11-27-13-15-28(16-14-27)29-17-19-30(20-18-29)34(39(41,42)43)47-31(12-9-10-21-44)36(52)49-33(25(5)50)38(54)45-24(4)35(51)48-32(22-23(2)3)37(53)46-26(6)40(55)56/h13-20,23-26,31-34,47,50,55-56H,7-12,21-22,44H2,1-6H3,(H,45,54)(H,46,53)(H,48,51)(H,49,52)/t24-,25+,26-,31-,32-,33-,34?/m0/s1. The molecule has 0 saturated heterocycles. The molecule has 312 valence electrons. The van der Waals surface area contributed by atoms with Crippen molar-refractivity contribution >= 4 is 30.7 Å². The molecule has 0 bridgehead atoms. The van der Waals surface area contributed by atoms with E-state index in [1.807, 2.05) is 24.3 Å². The van der Waals surface area contributed by atoms with Gasteiger partial charge in [-0.1, -0.05) is 82.1 Å². The van der Waals surface area contributed by atoms with Crippen LogP contribution in [0.4, 0.5) is 13.2 Å². The van der Waals surface area contributed by atoms with E-state index in [9.17, 15) is 47.5 Å². The highest BCUT2D eigenvalue weighted by molar-refractivity contribution is 6.43. The van der Waals surface area contributed by atoms with Crippen LogP contribution >= 0.6 is 0 Å². The van der Waals surface area contributed by atoms with Gasteiger partial charge in [0.25, 0.3) is 0 Å². The first-order valence-electron chi connectivity index (χ1n) is 19.3. The zero-order valence-corrected chi connectivity index (χ0v) is 33.2. The second-order valence-corrected chi connectivity index (χ2v) is 14.8. The van der Waals surface area contributed by atoms with Crippen molar-refractivity contribution in [1.29, 1.82) is 0 Å². The van der Waals surface area contributed by atoms with Gasteiger partial charge in [-0.25, -0.2) is 0 Å². The molecular formula is C39H60BF3N6O7. The average Bonchev–Trinajstić information content (AvgIpc) is 3.13. The molecule has 2 aromatic rings. The van der Waals surface area contributed by atoms with Gasteiger partial charge in [-0.2, -0.15) is 13.2 Å². The minimum Gasteiger partial charge on any atom is -0.426 e. The lowest BCUT2D eigenvalue weighted by Crippen LogP contribution is -2.60. The Morgan fingerprint density at radius 1 is 0.750 bits per heavy atom. The van der Waals surface area contributed by atoms with E-state index in [1.54, 1.807) is 26.0 Å². The molecule has 0 fully saturated rings. The normalized spacial score (nSPS) is 15.5. The Labute approximate surface area is 328 Å². The third-order valence-electron chi connectivity index (χ3n) is 9.28. The number of rotatable bonds is 23. The first-order valence-corrected chi connectivity index (χ1v) is 19.3. The van der Waals surface area contributed by atoms with Gasteiger partial charge in [-0.15, -0.1) is 0 Å². The van der Waals surface area contributed by atoms with Crippen molar-refractivity contribution in [2.24, 2.45) is 11.7 Å². The molecule has 4 amide bonds. The molecule has 0 aromatic heterocycles. The molecule has 0 spiro atoms. The molecule has 0 radical (unpaired) electrons. The minimum atomic E-state index is -4.82. The molecular weight excluding hydrogens is 732 g/mol. The summed E-state index contributed by atoms with van der Waals surface area (Å²) in [4.78, 5) is 52.8. The van der Waals surface area contributed by atoms with Crippen molar-refractivity contribution in [3.8, 4) is 11.1 Å². The maximum atomic E-state index is 14.6. The Bertz CT molecular complexity index is 1530. The number of aliphatic hydroxyl groups is 1. The lowest BCUT2D eigenvalue weighted by atomic mass is 9.81. The summed E-state index contributed by atoms with van der Waals surface area (Å²) in [6, 6.07) is 5.94. The third kappa shape index (κ3) is 15.8. The van der Waals surface area contributed by atoms with Crippen LogP contribution in [-0.2, 0) is 25.6 Å². The topological polar surface area (TPSA) is 215 Å². The largest absolute Gasteiger partial charge is 0.475 e. The number of halogens is 3. The number of aryl methyl sites for hydroxylation is 1. The van der Waals surface area contributed by atoms with Gasteiger partial charge in [0.05, 0.1) is 18.1 Å². The van der Waals surface area contributed by atoms with Crippen molar-refractivity contribution in [3.63, 3.8) is 0 Å². The van der Waals surface area contributed by atoms with Crippen molar-refractivity contribution in [2.75, 3.05) is 6.54 Å². The number of benzene rings is 2. The van der Waals surface area contributed by atoms with Crippen LogP contribution in [0.5, 0.6) is 0 Å². The van der Waals surface area contributed by atoms with Gasteiger partial charge in [-0.05, 0) is 87.6 Å². The predicted octanol–water partition coefficient (Wildman–Crippen LogP) is 2.80. The van der Waals surface area contributed by atoms with Crippen LogP contribution in [0, 0.1) is 5.92 Å². The number of unbranched alkanes of at least 4 members (excludes halogenated alkanes) is 2. The van der Waals surface area contributed by atoms with E-state index in [0.29, 0.717) is 6.42 Å². The zero-order chi connectivity index (χ0) is 42.2. The number of hydrogen-bond donors (Lipinski definition) is 9. The molecule has 1 unspecified atom stereocenters. The Morgan fingerprint density at radius 2 is 1.32 bits per heavy atom. The second-order valence-electron chi connectivity index (χ2n) is 14.8. The van der Waals surface area contributed by atoms with Crippen molar-refractivity contribution < 1.29 is 47.5 Å². The fourth-order valence-corrected chi connectivity index (χ4v) is 5.90. The van der Waals surface area contributed by atoms with E-state index in [-0.39, 0.29) is 37.3 Å². The monoisotopic (exact) mass is 792 g/mol. The molecule has 17 heteroatoms. The fraction of sp³-hybridized carbons (Fsp3) is 0.590. The second kappa shape index (κ2) is 23.3.